The number of amides is 1. The highest BCUT2D eigenvalue weighted by molar-refractivity contribution is 6.30. The quantitative estimate of drug-likeness (QED) is 0.706. The van der Waals surface area contributed by atoms with Crippen LogP contribution in [0.1, 0.15) is 10.4 Å². The third-order valence-electron chi connectivity index (χ3n) is 3.87. The monoisotopic (exact) mass is 367 g/mol. The fourth-order valence-corrected chi connectivity index (χ4v) is 2.59. The normalized spacial score (nSPS) is 10.3. The Hall–Kier alpha value is -3.05. The van der Waals surface area contributed by atoms with Crippen molar-refractivity contribution in [2.24, 2.45) is 0 Å². The molecule has 6 heteroatoms. The lowest BCUT2D eigenvalue weighted by Crippen LogP contribution is -2.18. The Kier molecular flexibility index (Phi) is 5.39. The van der Waals surface area contributed by atoms with Gasteiger partial charge in [0.15, 0.2) is 5.82 Å². The molecule has 0 aliphatic heterocycles. The molecule has 0 saturated carbocycles. The number of anilines is 3. The Morgan fingerprint density at radius 1 is 1.04 bits per heavy atom. The van der Waals surface area contributed by atoms with Crippen molar-refractivity contribution in [1.82, 2.24) is 4.98 Å². The third-order valence-corrected chi connectivity index (χ3v) is 4.13. The summed E-state index contributed by atoms with van der Waals surface area (Å²) in [6.45, 7) is 0. The summed E-state index contributed by atoms with van der Waals surface area (Å²) in [6.07, 6.45) is 0. The molecule has 1 heterocycles. The first kappa shape index (κ1) is 17.8. The Bertz CT molecular complexity index is 899. The molecule has 0 aliphatic rings. The summed E-state index contributed by atoms with van der Waals surface area (Å²) in [5, 5.41) is 3.49. The molecule has 1 aromatic heterocycles. The number of nitrogens with zero attached hydrogens (tertiary/aromatic N) is 2. The lowest BCUT2D eigenvalue weighted by Gasteiger charge is -2.22. The molecule has 0 fully saturated rings. The van der Waals surface area contributed by atoms with E-state index in [-0.39, 0.29) is 5.91 Å². The second-order valence-corrected chi connectivity index (χ2v) is 6.02. The summed E-state index contributed by atoms with van der Waals surface area (Å²) >= 11 is 5.88. The molecule has 5 nitrogen and oxygen atoms in total. The van der Waals surface area contributed by atoms with Crippen LogP contribution in [0.4, 0.5) is 17.2 Å². The van der Waals surface area contributed by atoms with Crippen molar-refractivity contribution in [3.05, 3.63) is 77.3 Å². The standard InChI is InChI=1S/C20H18ClN3O2/c1-24(16-6-4-3-5-7-16)19-17(12-13-18(23-19)26-2)22-20(25)14-8-10-15(21)11-9-14/h3-13H,1-2H3,(H,22,25). The Labute approximate surface area is 157 Å². The molecule has 26 heavy (non-hydrogen) atoms. The molecule has 0 atom stereocenters. The lowest BCUT2D eigenvalue weighted by molar-refractivity contribution is 0.102. The van der Waals surface area contributed by atoms with Gasteiger partial charge in [-0.3, -0.25) is 4.79 Å². The molecule has 2 aromatic carbocycles. The van der Waals surface area contributed by atoms with Gasteiger partial charge < -0.3 is 15.0 Å². The molecule has 1 amide bonds. The van der Waals surface area contributed by atoms with Crippen LogP contribution < -0.4 is 15.0 Å². The van der Waals surface area contributed by atoms with Crippen LogP contribution in [-0.4, -0.2) is 25.0 Å². The average molecular weight is 368 g/mol. The lowest BCUT2D eigenvalue weighted by atomic mass is 10.2. The van der Waals surface area contributed by atoms with E-state index in [1.54, 1.807) is 43.5 Å². The summed E-state index contributed by atoms with van der Waals surface area (Å²) < 4.78 is 5.23. The molecule has 0 aliphatic carbocycles. The highest BCUT2D eigenvalue weighted by Crippen LogP contribution is 2.31. The minimum Gasteiger partial charge on any atom is -0.481 e. The predicted octanol–water partition coefficient (Wildman–Crippen LogP) is 4.76. The van der Waals surface area contributed by atoms with E-state index < -0.39 is 0 Å². The number of para-hydroxylation sites is 1. The summed E-state index contributed by atoms with van der Waals surface area (Å²) in [5.41, 5.74) is 2.03. The highest BCUT2D eigenvalue weighted by Gasteiger charge is 2.15. The summed E-state index contributed by atoms with van der Waals surface area (Å²) in [4.78, 5) is 18.9. The van der Waals surface area contributed by atoms with Gasteiger partial charge in [-0.15, -0.1) is 0 Å². The topological polar surface area (TPSA) is 54.5 Å². The van der Waals surface area contributed by atoms with E-state index in [1.807, 2.05) is 42.3 Å². The van der Waals surface area contributed by atoms with E-state index in [0.717, 1.165) is 5.69 Å². The molecule has 1 N–H and O–H groups in total. The van der Waals surface area contributed by atoms with E-state index in [1.165, 1.54) is 0 Å². The number of carbonyl (C=O) groups is 1. The molecule has 0 radical (unpaired) electrons. The minimum atomic E-state index is -0.239. The number of carbonyl (C=O) groups excluding carboxylic acids is 1. The van der Waals surface area contributed by atoms with Crippen molar-refractivity contribution in [2.45, 2.75) is 0 Å². The number of aromatic nitrogens is 1. The minimum absolute atomic E-state index is 0.239. The Morgan fingerprint density at radius 2 is 1.73 bits per heavy atom. The van der Waals surface area contributed by atoms with Gasteiger partial charge in [-0.05, 0) is 42.5 Å². The Balaban J connectivity index is 1.93. The maximum absolute atomic E-state index is 12.6. The van der Waals surface area contributed by atoms with Gasteiger partial charge in [0.1, 0.15) is 0 Å². The number of hydrogen-bond acceptors (Lipinski definition) is 4. The van der Waals surface area contributed by atoms with Crippen molar-refractivity contribution in [1.29, 1.82) is 0 Å². The first-order chi connectivity index (χ1) is 12.6. The van der Waals surface area contributed by atoms with Crippen molar-refractivity contribution in [3.63, 3.8) is 0 Å². The molecule has 0 spiro atoms. The zero-order valence-corrected chi connectivity index (χ0v) is 15.2. The van der Waals surface area contributed by atoms with Gasteiger partial charge in [-0.1, -0.05) is 29.8 Å². The van der Waals surface area contributed by atoms with Crippen molar-refractivity contribution < 1.29 is 9.53 Å². The van der Waals surface area contributed by atoms with Crippen LogP contribution in [0.15, 0.2) is 66.7 Å². The summed E-state index contributed by atoms with van der Waals surface area (Å²) in [5.74, 6) is 0.807. The number of rotatable bonds is 5. The second kappa shape index (κ2) is 7.89. The van der Waals surface area contributed by atoms with E-state index >= 15 is 0 Å². The summed E-state index contributed by atoms with van der Waals surface area (Å²) in [6, 6.07) is 19.9. The van der Waals surface area contributed by atoms with Crippen LogP contribution in [0.25, 0.3) is 0 Å². The highest BCUT2D eigenvalue weighted by atomic mass is 35.5. The third kappa shape index (κ3) is 3.95. The fraction of sp³-hybridized carbons (Fsp3) is 0.100. The molecule has 132 valence electrons. The van der Waals surface area contributed by atoms with Crippen LogP contribution in [0.2, 0.25) is 5.02 Å². The Morgan fingerprint density at radius 3 is 2.38 bits per heavy atom. The predicted molar refractivity (Wildman–Crippen MR) is 105 cm³/mol. The maximum atomic E-state index is 12.6. The van der Waals surface area contributed by atoms with Gasteiger partial charge in [-0.2, -0.15) is 4.98 Å². The zero-order valence-electron chi connectivity index (χ0n) is 14.4. The molecular weight excluding hydrogens is 350 g/mol. The van der Waals surface area contributed by atoms with E-state index in [2.05, 4.69) is 10.3 Å². The molecule has 0 saturated heterocycles. The van der Waals surface area contributed by atoms with Gasteiger partial charge in [0.25, 0.3) is 5.91 Å². The second-order valence-electron chi connectivity index (χ2n) is 5.58. The number of hydrogen-bond donors (Lipinski definition) is 1. The van der Waals surface area contributed by atoms with E-state index in [9.17, 15) is 4.79 Å². The number of ether oxygens (including phenoxy) is 1. The van der Waals surface area contributed by atoms with Gasteiger partial charge in [0.05, 0.1) is 12.8 Å². The maximum Gasteiger partial charge on any atom is 0.255 e. The van der Waals surface area contributed by atoms with Crippen LogP contribution in [0.5, 0.6) is 5.88 Å². The van der Waals surface area contributed by atoms with Crippen LogP contribution in [0, 0.1) is 0 Å². The van der Waals surface area contributed by atoms with E-state index in [0.29, 0.717) is 28.0 Å². The van der Waals surface area contributed by atoms with Gasteiger partial charge in [0, 0.05) is 29.4 Å². The number of benzene rings is 2. The fourth-order valence-electron chi connectivity index (χ4n) is 2.47. The average Bonchev–Trinajstić information content (AvgIpc) is 2.69. The number of nitrogens with one attached hydrogen (secondary N) is 1. The molecular formula is C20H18ClN3O2. The van der Waals surface area contributed by atoms with Gasteiger partial charge in [0.2, 0.25) is 5.88 Å². The number of methoxy groups -OCH3 is 1. The van der Waals surface area contributed by atoms with Crippen molar-refractivity contribution in [3.8, 4) is 5.88 Å². The van der Waals surface area contributed by atoms with Crippen molar-refractivity contribution >= 4 is 34.7 Å². The SMILES string of the molecule is COc1ccc(NC(=O)c2ccc(Cl)cc2)c(N(C)c2ccccc2)n1. The first-order valence-corrected chi connectivity index (χ1v) is 8.37. The first-order valence-electron chi connectivity index (χ1n) is 7.99. The van der Waals surface area contributed by atoms with Gasteiger partial charge >= 0.3 is 0 Å². The van der Waals surface area contributed by atoms with Gasteiger partial charge in [-0.25, -0.2) is 0 Å². The molecule has 3 rings (SSSR count). The van der Waals surface area contributed by atoms with Crippen LogP contribution in [-0.2, 0) is 0 Å². The molecule has 3 aromatic rings. The molecule has 0 bridgehead atoms. The summed E-state index contributed by atoms with van der Waals surface area (Å²) in [7, 11) is 3.44. The van der Waals surface area contributed by atoms with Crippen LogP contribution >= 0.6 is 11.6 Å². The van der Waals surface area contributed by atoms with Crippen LogP contribution in [0.3, 0.4) is 0 Å². The smallest absolute Gasteiger partial charge is 0.255 e. The zero-order chi connectivity index (χ0) is 18.5. The van der Waals surface area contributed by atoms with E-state index in [4.69, 9.17) is 16.3 Å². The molecule has 0 unspecified atom stereocenters. The van der Waals surface area contributed by atoms with Crippen molar-refractivity contribution in [2.75, 3.05) is 24.4 Å². The number of pyridine rings is 1. The number of halogens is 1. The largest absolute Gasteiger partial charge is 0.481 e.